The molecule has 21 heavy (non-hydrogen) atoms. The van der Waals surface area contributed by atoms with Crippen molar-refractivity contribution in [1.29, 1.82) is 0 Å². The minimum absolute atomic E-state index is 0.299. The molecule has 3 nitrogen and oxygen atoms in total. The van der Waals surface area contributed by atoms with Crippen LogP contribution in [0.4, 0.5) is 4.39 Å². The Hall–Kier alpha value is -1.68. The molecule has 2 aromatic rings. The zero-order valence-electron chi connectivity index (χ0n) is 12.9. The number of halogens is 1. The number of hydrogen-bond donors (Lipinski definition) is 1. The van der Waals surface area contributed by atoms with Crippen LogP contribution < -0.4 is 0 Å². The van der Waals surface area contributed by atoms with Crippen LogP contribution in [0, 0.1) is 5.82 Å². The summed E-state index contributed by atoms with van der Waals surface area (Å²) >= 11 is 0. The standard InChI is InChI=1S/C17H23FN2O/c1-4-16(5-2)20-11-10-15(19-20)12-17(3,21)13-6-8-14(18)9-7-13/h6-11,16,21H,4-5,12H2,1-3H3. The molecule has 0 saturated carbocycles. The van der Waals surface area contributed by atoms with Gasteiger partial charge in [0, 0.05) is 12.6 Å². The molecule has 2 rings (SSSR count). The van der Waals surface area contributed by atoms with E-state index in [2.05, 4.69) is 18.9 Å². The minimum Gasteiger partial charge on any atom is -0.385 e. The molecule has 0 spiro atoms. The molecule has 1 unspecified atom stereocenters. The number of nitrogens with zero attached hydrogens (tertiary/aromatic N) is 2. The minimum atomic E-state index is -1.05. The Morgan fingerprint density at radius 1 is 1.19 bits per heavy atom. The van der Waals surface area contributed by atoms with Gasteiger partial charge < -0.3 is 5.11 Å². The Balaban J connectivity index is 2.15. The fraction of sp³-hybridized carbons (Fsp3) is 0.471. The first-order chi connectivity index (χ1) is 9.96. The second-order valence-corrected chi connectivity index (χ2v) is 5.71. The van der Waals surface area contributed by atoms with E-state index in [4.69, 9.17) is 0 Å². The van der Waals surface area contributed by atoms with Crippen LogP contribution >= 0.6 is 0 Å². The van der Waals surface area contributed by atoms with E-state index in [1.54, 1.807) is 19.1 Å². The topological polar surface area (TPSA) is 38.0 Å². The molecule has 1 aromatic carbocycles. The maximum absolute atomic E-state index is 13.0. The zero-order valence-corrected chi connectivity index (χ0v) is 12.9. The summed E-state index contributed by atoms with van der Waals surface area (Å²) in [6.07, 6.45) is 4.44. The lowest BCUT2D eigenvalue weighted by Gasteiger charge is -2.23. The molecule has 0 fully saturated rings. The second-order valence-electron chi connectivity index (χ2n) is 5.71. The molecule has 0 saturated heterocycles. The number of aliphatic hydroxyl groups is 1. The highest BCUT2D eigenvalue weighted by Crippen LogP contribution is 2.25. The van der Waals surface area contributed by atoms with Crippen LogP contribution in [0.2, 0.25) is 0 Å². The molecule has 0 radical (unpaired) electrons. The molecule has 1 heterocycles. The Morgan fingerprint density at radius 3 is 2.38 bits per heavy atom. The van der Waals surface area contributed by atoms with Crippen LogP contribution in [0.3, 0.4) is 0 Å². The highest BCUT2D eigenvalue weighted by atomic mass is 19.1. The highest BCUT2D eigenvalue weighted by molar-refractivity contribution is 5.24. The molecule has 0 bridgehead atoms. The average Bonchev–Trinajstić information content (AvgIpc) is 2.88. The third-order valence-corrected chi connectivity index (χ3v) is 3.97. The van der Waals surface area contributed by atoms with E-state index in [-0.39, 0.29) is 5.82 Å². The van der Waals surface area contributed by atoms with E-state index >= 15 is 0 Å². The van der Waals surface area contributed by atoms with Gasteiger partial charge >= 0.3 is 0 Å². The number of rotatable bonds is 6. The Kier molecular flexibility index (Phi) is 4.78. The van der Waals surface area contributed by atoms with Gasteiger partial charge in [-0.05, 0) is 43.5 Å². The van der Waals surface area contributed by atoms with Crippen LogP contribution in [0.15, 0.2) is 36.5 Å². The van der Waals surface area contributed by atoms with Crippen molar-refractivity contribution in [3.8, 4) is 0 Å². The van der Waals surface area contributed by atoms with E-state index in [0.717, 1.165) is 18.5 Å². The SMILES string of the molecule is CCC(CC)n1ccc(CC(C)(O)c2ccc(F)cc2)n1. The van der Waals surface area contributed by atoms with Gasteiger partial charge in [0.25, 0.3) is 0 Å². The zero-order chi connectivity index (χ0) is 15.5. The van der Waals surface area contributed by atoms with Crippen LogP contribution in [-0.4, -0.2) is 14.9 Å². The number of hydrogen-bond acceptors (Lipinski definition) is 2. The molecule has 4 heteroatoms. The first kappa shape index (κ1) is 15.7. The summed E-state index contributed by atoms with van der Waals surface area (Å²) in [5, 5.41) is 15.2. The van der Waals surface area contributed by atoms with Gasteiger partial charge in [-0.3, -0.25) is 4.68 Å². The molecule has 114 valence electrons. The van der Waals surface area contributed by atoms with Gasteiger partial charge in [-0.15, -0.1) is 0 Å². The van der Waals surface area contributed by atoms with Gasteiger partial charge in [0.15, 0.2) is 0 Å². The quantitative estimate of drug-likeness (QED) is 0.878. The van der Waals surface area contributed by atoms with Crippen LogP contribution in [0.1, 0.15) is 50.9 Å². The lowest BCUT2D eigenvalue weighted by atomic mass is 9.91. The Labute approximate surface area is 125 Å². The lowest BCUT2D eigenvalue weighted by Crippen LogP contribution is -2.24. The molecule has 1 aromatic heterocycles. The van der Waals surface area contributed by atoms with E-state index in [0.29, 0.717) is 18.0 Å². The van der Waals surface area contributed by atoms with Crippen LogP contribution in [-0.2, 0) is 12.0 Å². The van der Waals surface area contributed by atoms with Crippen molar-refractivity contribution in [1.82, 2.24) is 9.78 Å². The van der Waals surface area contributed by atoms with Crippen molar-refractivity contribution < 1.29 is 9.50 Å². The molecule has 0 aliphatic carbocycles. The first-order valence-corrected chi connectivity index (χ1v) is 7.48. The maximum atomic E-state index is 13.0. The van der Waals surface area contributed by atoms with Gasteiger partial charge in [-0.2, -0.15) is 5.10 Å². The fourth-order valence-corrected chi connectivity index (χ4v) is 2.60. The number of aromatic nitrogens is 2. The molecular weight excluding hydrogens is 267 g/mol. The van der Waals surface area contributed by atoms with Gasteiger partial charge in [0.1, 0.15) is 5.82 Å². The van der Waals surface area contributed by atoms with Gasteiger partial charge in [0.05, 0.1) is 17.3 Å². The molecule has 0 aliphatic heterocycles. The summed E-state index contributed by atoms with van der Waals surface area (Å²) in [6.45, 7) is 6.02. The predicted molar refractivity (Wildman–Crippen MR) is 81.5 cm³/mol. The van der Waals surface area contributed by atoms with E-state index in [9.17, 15) is 9.50 Å². The maximum Gasteiger partial charge on any atom is 0.123 e. The van der Waals surface area contributed by atoms with Crippen molar-refractivity contribution in [2.45, 2.75) is 51.7 Å². The summed E-state index contributed by atoms with van der Waals surface area (Å²) in [4.78, 5) is 0. The third-order valence-electron chi connectivity index (χ3n) is 3.97. The Bertz CT molecular complexity index is 571. The van der Waals surface area contributed by atoms with Crippen molar-refractivity contribution in [3.05, 3.63) is 53.6 Å². The third kappa shape index (κ3) is 3.70. The summed E-state index contributed by atoms with van der Waals surface area (Å²) in [6, 6.07) is 8.31. The van der Waals surface area contributed by atoms with Crippen molar-refractivity contribution >= 4 is 0 Å². The smallest absolute Gasteiger partial charge is 0.123 e. The van der Waals surface area contributed by atoms with Crippen molar-refractivity contribution in [2.75, 3.05) is 0 Å². The summed E-state index contributed by atoms with van der Waals surface area (Å²) in [7, 11) is 0. The van der Waals surface area contributed by atoms with E-state index < -0.39 is 5.60 Å². The van der Waals surface area contributed by atoms with E-state index in [1.165, 1.54) is 12.1 Å². The summed E-state index contributed by atoms with van der Waals surface area (Å²) in [5.41, 5.74) is 0.484. The molecule has 0 aliphatic rings. The lowest BCUT2D eigenvalue weighted by molar-refractivity contribution is 0.0563. The fourth-order valence-electron chi connectivity index (χ4n) is 2.60. The largest absolute Gasteiger partial charge is 0.385 e. The molecule has 1 N–H and O–H groups in total. The van der Waals surface area contributed by atoms with E-state index in [1.807, 2.05) is 16.9 Å². The van der Waals surface area contributed by atoms with Crippen molar-refractivity contribution in [3.63, 3.8) is 0 Å². The highest BCUT2D eigenvalue weighted by Gasteiger charge is 2.25. The Morgan fingerprint density at radius 2 is 1.81 bits per heavy atom. The van der Waals surface area contributed by atoms with Gasteiger partial charge in [0.2, 0.25) is 0 Å². The first-order valence-electron chi connectivity index (χ1n) is 7.48. The van der Waals surface area contributed by atoms with Crippen LogP contribution in [0.5, 0.6) is 0 Å². The molecular formula is C17H23FN2O. The second kappa shape index (κ2) is 6.39. The molecule has 1 atom stereocenters. The van der Waals surface area contributed by atoms with Gasteiger partial charge in [-0.25, -0.2) is 4.39 Å². The number of benzene rings is 1. The monoisotopic (exact) mass is 290 g/mol. The average molecular weight is 290 g/mol. The summed E-state index contributed by atoms with van der Waals surface area (Å²) < 4.78 is 14.9. The van der Waals surface area contributed by atoms with Crippen LogP contribution in [0.25, 0.3) is 0 Å². The summed E-state index contributed by atoms with van der Waals surface area (Å²) in [5.74, 6) is -0.299. The molecule has 0 amide bonds. The normalized spacial score (nSPS) is 14.4. The van der Waals surface area contributed by atoms with Gasteiger partial charge in [-0.1, -0.05) is 26.0 Å². The predicted octanol–water partition coefficient (Wildman–Crippen LogP) is 3.83. The van der Waals surface area contributed by atoms with Crippen molar-refractivity contribution in [2.24, 2.45) is 0 Å².